The van der Waals surface area contributed by atoms with Crippen LogP contribution in [0.15, 0.2) is 134 Å². The second-order valence-corrected chi connectivity index (χ2v) is 40.0. The van der Waals surface area contributed by atoms with Gasteiger partial charge in [0, 0.05) is 0 Å². The van der Waals surface area contributed by atoms with Crippen molar-refractivity contribution in [1.29, 1.82) is 0 Å². The predicted molar refractivity (Wildman–Crippen MR) is 450 cm³/mol. The minimum atomic E-state index is -2.02. The smallest absolute Gasteiger partial charge is 0.311 e. The number of hydrogen-bond donors (Lipinski definition) is 1. The Labute approximate surface area is 730 Å². The number of esters is 8. The summed E-state index contributed by atoms with van der Waals surface area (Å²) in [5.74, 6) is -6.05. The fourth-order valence-electron chi connectivity index (χ4n) is 12.7. The van der Waals surface area contributed by atoms with Crippen LogP contribution in [0.4, 0.5) is 0 Å². The van der Waals surface area contributed by atoms with Crippen LogP contribution in [0.3, 0.4) is 0 Å². The van der Waals surface area contributed by atoms with Crippen LogP contribution < -0.4 is 0 Å². The van der Waals surface area contributed by atoms with Crippen molar-refractivity contribution in [1.82, 2.24) is 0 Å². The highest BCUT2D eigenvalue weighted by atomic mass is 16.8. The van der Waals surface area contributed by atoms with E-state index in [9.17, 15) is 33.9 Å². The Kier molecular flexibility index (Phi) is 35.2. The predicted octanol–water partition coefficient (Wildman–Crippen LogP) is 13.1. The lowest BCUT2D eigenvalue weighted by Gasteiger charge is -2.52. The van der Waals surface area contributed by atoms with E-state index >= 15 is 9.59 Å². The molecule has 1 N–H and O–H groups in total. The van der Waals surface area contributed by atoms with Crippen LogP contribution in [-0.2, 0) is 160 Å². The van der Waals surface area contributed by atoms with Gasteiger partial charge >= 0.3 is 47.8 Å². The van der Waals surface area contributed by atoms with Crippen molar-refractivity contribution >= 4 is 47.8 Å². The second kappa shape index (κ2) is 43.1. The Morgan fingerprint density at radius 2 is 0.492 bits per heavy atom. The first-order valence-electron chi connectivity index (χ1n) is 42.4. The van der Waals surface area contributed by atoms with E-state index in [1.807, 2.05) is 24.3 Å². The molecule has 4 fully saturated rings. The molecule has 4 aromatic carbocycles. The highest BCUT2D eigenvalue weighted by Gasteiger charge is 2.62. The summed E-state index contributed by atoms with van der Waals surface area (Å²) in [7, 11) is 0. The van der Waals surface area contributed by atoms with Gasteiger partial charge < -0.3 is 99.8 Å². The minimum Gasteiger partial charge on any atom is -0.462 e. The summed E-state index contributed by atoms with van der Waals surface area (Å²) < 4.78 is 136. The number of aliphatic hydroxyl groups is 1. The molecule has 0 bridgehead atoms. The van der Waals surface area contributed by atoms with Crippen molar-refractivity contribution in [2.75, 3.05) is 33.0 Å². The van der Waals surface area contributed by atoms with Gasteiger partial charge in [-0.1, -0.05) is 127 Å². The van der Waals surface area contributed by atoms with Crippen molar-refractivity contribution in [2.24, 2.45) is 43.3 Å². The number of aliphatic hydroxyl groups excluding tert-OH is 1. The molecule has 0 amide bonds. The number of rotatable bonds is 33. The van der Waals surface area contributed by atoms with E-state index in [1.165, 1.54) is 6.08 Å². The molecule has 4 aliphatic heterocycles. The Morgan fingerprint density at radius 3 is 0.734 bits per heavy atom. The maximum Gasteiger partial charge on any atom is 0.311 e. The van der Waals surface area contributed by atoms with Gasteiger partial charge in [0.15, 0.2) is 49.6 Å². The third-order valence-electron chi connectivity index (χ3n) is 20.2. The first-order valence-corrected chi connectivity index (χ1v) is 42.4. The summed E-state index contributed by atoms with van der Waals surface area (Å²) in [6.45, 7) is 39.3. The molecule has 29 heteroatoms. The van der Waals surface area contributed by atoms with Crippen LogP contribution in [0.5, 0.6) is 0 Å². The number of carbonyl (C=O) groups is 8. The van der Waals surface area contributed by atoms with Gasteiger partial charge in [0.2, 0.25) is 0 Å². The molecule has 0 radical (unpaired) electrons. The Bertz CT molecular complexity index is 4100. The van der Waals surface area contributed by atoms with Crippen molar-refractivity contribution in [3.8, 4) is 0 Å². The van der Waals surface area contributed by atoms with Crippen molar-refractivity contribution in [2.45, 2.75) is 315 Å². The number of ether oxygens (including phenoxy) is 20. The molecule has 8 rings (SSSR count). The maximum atomic E-state index is 15.4. The lowest BCUT2D eigenvalue weighted by atomic mass is 9.93. The van der Waals surface area contributed by atoms with Crippen molar-refractivity contribution < 1.29 is 138 Å². The molecular formula is C95H134O29. The quantitative estimate of drug-likeness (QED) is 0.0263. The molecule has 4 aromatic rings. The van der Waals surface area contributed by atoms with Crippen LogP contribution in [0, 0.1) is 43.3 Å². The Balaban J connectivity index is 1.41. The van der Waals surface area contributed by atoms with Gasteiger partial charge in [0.25, 0.3) is 0 Å². The van der Waals surface area contributed by atoms with E-state index < -0.39 is 240 Å². The largest absolute Gasteiger partial charge is 0.462 e. The summed E-state index contributed by atoms with van der Waals surface area (Å²) in [6.07, 6.45) is -32.6. The molecule has 29 nitrogen and oxygen atoms in total. The van der Waals surface area contributed by atoms with Gasteiger partial charge in [0.05, 0.1) is 76.4 Å². The molecule has 0 aliphatic carbocycles. The number of hydrogen-bond acceptors (Lipinski definition) is 29. The highest BCUT2D eigenvalue weighted by Crippen LogP contribution is 2.43. The second-order valence-electron chi connectivity index (χ2n) is 40.0. The van der Waals surface area contributed by atoms with Crippen LogP contribution in [0.25, 0.3) is 0 Å². The molecule has 20 atom stereocenters. The molecule has 4 saturated heterocycles. The first kappa shape index (κ1) is 101. The molecular weight excluding hydrogens is 1610 g/mol. The summed E-state index contributed by atoms with van der Waals surface area (Å²) in [6, 6.07) is 35.8. The van der Waals surface area contributed by atoms with Crippen LogP contribution >= 0.6 is 0 Å². The molecule has 688 valence electrons. The van der Waals surface area contributed by atoms with Gasteiger partial charge in [-0.15, -0.1) is 6.58 Å². The van der Waals surface area contributed by atoms with E-state index in [0.29, 0.717) is 22.3 Å². The number of carbonyl (C=O) groups excluding carboxylic acids is 8. The summed E-state index contributed by atoms with van der Waals surface area (Å²) in [5, 5.41) is 12.7. The average Bonchev–Trinajstić information content (AvgIpc) is 0.753. The Hall–Kier alpha value is -8.14. The third-order valence-corrected chi connectivity index (χ3v) is 20.2. The van der Waals surface area contributed by atoms with Crippen LogP contribution in [0.1, 0.15) is 188 Å². The topological polar surface area (TPSA) is 341 Å². The van der Waals surface area contributed by atoms with E-state index in [0.717, 1.165) is 0 Å². The standard InChI is InChI=1S/C95H134O29/c1-26-47-105-76-73(122-85(102)93(17,18)19)69(107-49-57-41-33-28-34-42-57)65(61(115-76)53-111-81(98)89(5,6)7)119-78-75(124-87(104)95(23,24)25)71(109-51-59-45-37-30-38-46-59)67(63(117-78)55-113-83(100)91(11,12)13)120-79-74(123-86(103)94(20,21)22)70(108-50-58-43-35-29-36-44-58)66(62(116-79)54-112-82(99)90(8,9)10)118-77-72(121-84(101)92(14,15)16)68(106-48-56-39-31-27-32-40-56)64(96)60(114-77)52-110-80(97)88(2,3)4/h26-46,60-79,96H,1,47-55H2,2-25H3/t60-,61-,62-,63-,64-,65-,66-,67-,68+,69+,70+,71+,72-,73-,74-,75-,76-,77+,78+,79+/m1/s1. The molecule has 0 saturated carbocycles. The Morgan fingerprint density at radius 1 is 0.282 bits per heavy atom. The first-order chi connectivity index (χ1) is 57.7. The average molecular weight is 1740 g/mol. The zero-order valence-corrected chi connectivity index (χ0v) is 76.6. The van der Waals surface area contributed by atoms with E-state index in [1.54, 1.807) is 263 Å². The lowest BCUT2D eigenvalue weighted by Crippen LogP contribution is -2.69. The molecule has 4 aliphatic rings. The van der Waals surface area contributed by atoms with Crippen LogP contribution in [0.2, 0.25) is 0 Å². The molecule has 0 aromatic heterocycles. The zero-order chi connectivity index (χ0) is 91.8. The van der Waals surface area contributed by atoms with Crippen molar-refractivity contribution in [3.63, 3.8) is 0 Å². The third kappa shape index (κ3) is 28.9. The van der Waals surface area contributed by atoms with E-state index in [-0.39, 0.29) is 33.0 Å². The summed E-state index contributed by atoms with van der Waals surface area (Å²) in [5.41, 5.74) is -7.14. The molecule has 0 unspecified atom stereocenters. The maximum absolute atomic E-state index is 15.4. The molecule has 4 heterocycles. The minimum absolute atomic E-state index is 0.149. The number of benzene rings is 4. The molecule has 0 spiro atoms. The van der Waals surface area contributed by atoms with E-state index in [4.69, 9.17) is 94.7 Å². The van der Waals surface area contributed by atoms with Gasteiger partial charge in [-0.2, -0.15) is 0 Å². The van der Waals surface area contributed by atoms with Crippen molar-refractivity contribution in [3.05, 3.63) is 156 Å². The monoisotopic (exact) mass is 1740 g/mol. The lowest BCUT2D eigenvalue weighted by molar-refractivity contribution is -0.395. The van der Waals surface area contributed by atoms with Gasteiger partial charge in [-0.25, -0.2) is 0 Å². The van der Waals surface area contributed by atoms with E-state index in [2.05, 4.69) is 6.58 Å². The SMILES string of the molecule is C=CCO[C@@H]1O[C@H](COC(=O)C(C)(C)C)[C@@H](O[C@@H]2O[C@H](COC(=O)C(C)(C)C)[C@@H](O[C@@H]3O[C@H](COC(=O)C(C)(C)C)[C@@H](O[C@@H]4O[C@H](COC(=O)C(C)(C)C)[C@@H](O)[C@H](OCc5ccccc5)[C@H]4OC(=O)C(C)(C)C)[C@H](OCc4ccccc4)[C@H]3OC(=O)C(C)(C)C)[C@H](OCc3ccccc3)[C@H]2OC(=O)C(C)(C)C)[C@H](OCc2ccccc2)[C@H]1OC(=O)C(C)(C)C. The van der Waals surface area contributed by atoms with Crippen LogP contribution in [-0.4, -0.2) is 209 Å². The highest BCUT2D eigenvalue weighted by molar-refractivity contribution is 5.79. The summed E-state index contributed by atoms with van der Waals surface area (Å²) in [4.78, 5) is 117. The fraction of sp³-hybridized carbons (Fsp3) is 0.642. The normalized spacial score (nSPS) is 27.3. The van der Waals surface area contributed by atoms with Gasteiger partial charge in [0.1, 0.15) is 99.7 Å². The fourth-order valence-corrected chi connectivity index (χ4v) is 12.7. The molecule has 124 heavy (non-hydrogen) atoms. The zero-order valence-electron chi connectivity index (χ0n) is 76.6. The summed E-state index contributed by atoms with van der Waals surface area (Å²) >= 11 is 0. The van der Waals surface area contributed by atoms with Gasteiger partial charge in [-0.3, -0.25) is 38.4 Å². The van der Waals surface area contributed by atoms with Gasteiger partial charge in [-0.05, 0) is 188 Å².